The minimum absolute atomic E-state index is 0.0249. The number of nitro groups is 1. The lowest BCUT2D eigenvalue weighted by Gasteiger charge is -2.12. The molecule has 27 heavy (non-hydrogen) atoms. The monoisotopic (exact) mass is 453 g/mol. The molecule has 0 saturated carbocycles. The van der Waals surface area contributed by atoms with Gasteiger partial charge in [0.05, 0.1) is 16.2 Å². The van der Waals surface area contributed by atoms with Crippen LogP contribution in [0.2, 0.25) is 0 Å². The van der Waals surface area contributed by atoms with Gasteiger partial charge in [-0.05, 0) is 42.5 Å². The van der Waals surface area contributed by atoms with Gasteiger partial charge in [-0.15, -0.1) is 0 Å². The Kier molecular flexibility index (Phi) is 6.79. The zero-order valence-electron chi connectivity index (χ0n) is 13.5. The molecule has 0 spiro atoms. The minimum Gasteiger partial charge on any atom is -0.484 e. The normalized spacial score (nSPS) is 9.96. The number of carboxylic acid groups (broad SMARTS) is 1. The van der Waals surface area contributed by atoms with Crippen LogP contribution >= 0.6 is 28.1 Å². The molecule has 0 atom stereocenters. The Labute approximate surface area is 166 Å². The van der Waals surface area contributed by atoms with Crippen molar-refractivity contribution in [1.82, 2.24) is 5.32 Å². The zero-order valence-corrected chi connectivity index (χ0v) is 15.9. The fraction of sp³-hybridized carbons (Fsp3) is 0.0625. The first-order valence-electron chi connectivity index (χ1n) is 7.27. The Hall–Kier alpha value is -3.05. The number of thiocarbonyl (C=S) groups is 1. The number of amides is 1. The van der Waals surface area contributed by atoms with Crippen LogP contribution in [0.5, 0.6) is 5.75 Å². The van der Waals surface area contributed by atoms with E-state index in [9.17, 15) is 24.8 Å². The molecule has 0 aliphatic heterocycles. The summed E-state index contributed by atoms with van der Waals surface area (Å²) in [6.07, 6.45) is 0. The van der Waals surface area contributed by atoms with Crippen LogP contribution in [0.1, 0.15) is 10.4 Å². The van der Waals surface area contributed by atoms with E-state index in [0.717, 1.165) is 0 Å². The first kappa shape index (κ1) is 20.3. The van der Waals surface area contributed by atoms with E-state index in [-0.39, 0.29) is 34.4 Å². The third-order valence-electron chi connectivity index (χ3n) is 3.13. The number of hydrogen-bond acceptors (Lipinski definition) is 6. The third kappa shape index (κ3) is 6.01. The van der Waals surface area contributed by atoms with Crippen LogP contribution in [0.15, 0.2) is 46.9 Å². The number of carboxylic acids is 1. The Morgan fingerprint density at radius 1 is 1.22 bits per heavy atom. The van der Waals surface area contributed by atoms with Gasteiger partial charge in [0.2, 0.25) is 0 Å². The Morgan fingerprint density at radius 3 is 2.48 bits per heavy atom. The zero-order chi connectivity index (χ0) is 20.0. The number of aromatic carboxylic acids is 1. The summed E-state index contributed by atoms with van der Waals surface area (Å²) in [6, 6.07) is 9.75. The number of ether oxygens (including phenoxy) is 1. The molecule has 9 nitrogen and oxygen atoms in total. The highest BCUT2D eigenvalue weighted by Crippen LogP contribution is 2.21. The van der Waals surface area contributed by atoms with E-state index in [0.29, 0.717) is 4.47 Å². The topological polar surface area (TPSA) is 131 Å². The Balaban J connectivity index is 1.89. The van der Waals surface area contributed by atoms with Crippen LogP contribution in [0.4, 0.5) is 11.4 Å². The summed E-state index contributed by atoms with van der Waals surface area (Å²) in [7, 11) is 0. The fourth-order valence-corrected chi connectivity index (χ4v) is 2.52. The maximum atomic E-state index is 11.9. The Morgan fingerprint density at radius 2 is 1.89 bits per heavy atom. The molecular formula is C16H12BrN3O6S. The molecule has 0 heterocycles. The molecule has 2 rings (SSSR count). The second-order valence-electron chi connectivity index (χ2n) is 5.04. The first-order valence-corrected chi connectivity index (χ1v) is 8.47. The van der Waals surface area contributed by atoms with Crippen molar-refractivity contribution in [2.75, 3.05) is 11.9 Å². The van der Waals surface area contributed by atoms with Crippen molar-refractivity contribution >= 4 is 56.5 Å². The van der Waals surface area contributed by atoms with E-state index in [2.05, 4.69) is 26.6 Å². The average molecular weight is 454 g/mol. The van der Waals surface area contributed by atoms with Crippen molar-refractivity contribution in [3.8, 4) is 5.75 Å². The van der Waals surface area contributed by atoms with Gasteiger partial charge in [0.25, 0.3) is 11.6 Å². The number of hydrogen-bond donors (Lipinski definition) is 3. The van der Waals surface area contributed by atoms with Gasteiger partial charge in [0.1, 0.15) is 5.75 Å². The number of anilines is 1. The Bertz CT molecular complexity index is 904. The van der Waals surface area contributed by atoms with Gasteiger partial charge < -0.3 is 15.2 Å². The SMILES string of the molecule is O=C(COc1ccc([N+](=O)[O-])cc1)NC(=S)Nc1ccc(Br)cc1C(=O)O. The predicted octanol–water partition coefficient (Wildman–Crippen LogP) is 2.95. The van der Waals surface area contributed by atoms with Gasteiger partial charge in [-0.1, -0.05) is 15.9 Å². The molecule has 0 aromatic heterocycles. The number of nitrogens with zero attached hydrogens (tertiary/aromatic N) is 1. The number of non-ortho nitro benzene ring substituents is 1. The molecule has 0 bridgehead atoms. The van der Waals surface area contributed by atoms with Crippen LogP contribution in [0.25, 0.3) is 0 Å². The fourth-order valence-electron chi connectivity index (χ4n) is 1.93. The lowest BCUT2D eigenvalue weighted by Crippen LogP contribution is -2.37. The summed E-state index contributed by atoms with van der Waals surface area (Å²) in [6.45, 7) is -0.383. The summed E-state index contributed by atoms with van der Waals surface area (Å²) >= 11 is 8.17. The van der Waals surface area contributed by atoms with E-state index in [1.807, 2.05) is 0 Å². The second-order valence-corrected chi connectivity index (χ2v) is 6.36. The van der Waals surface area contributed by atoms with Gasteiger partial charge >= 0.3 is 5.97 Å². The molecule has 140 valence electrons. The second kappa shape index (κ2) is 9.05. The summed E-state index contributed by atoms with van der Waals surface area (Å²) < 4.78 is 5.79. The maximum absolute atomic E-state index is 11.9. The number of carbonyl (C=O) groups excluding carboxylic acids is 1. The molecule has 2 aromatic carbocycles. The molecule has 11 heteroatoms. The van der Waals surface area contributed by atoms with Crippen molar-refractivity contribution in [2.45, 2.75) is 0 Å². The van der Waals surface area contributed by atoms with Crippen molar-refractivity contribution in [2.24, 2.45) is 0 Å². The van der Waals surface area contributed by atoms with Gasteiger partial charge in [-0.2, -0.15) is 0 Å². The highest BCUT2D eigenvalue weighted by Gasteiger charge is 2.13. The van der Waals surface area contributed by atoms with Crippen molar-refractivity contribution < 1.29 is 24.4 Å². The van der Waals surface area contributed by atoms with Gasteiger partial charge in [-0.3, -0.25) is 20.2 Å². The quantitative estimate of drug-likeness (QED) is 0.345. The lowest BCUT2D eigenvalue weighted by atomic mass is 10.2. The van der Waals surface area contributed by atoms with Gasteiger partial charge in [0.15, 0.2) is 11.7 Å². The van der Waals surface area contributed by atoms with Crippen LogP contribution in [-0.4, -0.2) is 33.6 Å². The van der Waals surface area contributed by atoms with Gasteiger partial charge in [-0.25, -0.2) is 4.79 Å². The molecule has 0 saturated heterocycles. The summed E-state index contributed by atoms with van der Waals surface area (Å²) in [5, 5.41) is 24.7. The minimum atomic E-state index is -1.16. The largest absolute Gasteiger partial charge is 0.484 e. The van der Waals surface area contributed by atoms with Crippen molar-refractivity contribution in [1.29, 1.82) is 0 Å². The molecule has 2 aromatic rings. The van der Waals surface area contributed by atoms with Crippen molar-refractivity contribution in [3.63, 3.8) is 0 Å². The molecule has 0 aliphatic carbocycles. The van der Waals surface area contributed by atoms with Crippen molar-refractivity contribution in [3.05, 3.63) is 62.6 Å². The smallest absolute Gasteiger partial charge is 0.337 e. The van der Waals surface area contributed by atoms with E-state index >= 15 is 0 Å². The molecule has 0 radical (unpaired) electrons. The number of nitro benzene ring substituents is 1. The number of carbonyl (C=O) groups is 2. The molecule has 1 amide bonds. The number of rotatable bonds is 6. The standard InChI is InChI=1S/C16H12BrN3O6S/c17-9-1-6-13(12(7-9)15(22)23)18-16(27)19-14(21)8-26-11-4-2-10(3-5-11)20(24)25/h1-7H,8H2,(H,22,23)(H2,18,19,21,27). The van der Waals surface area contributed by atoms with Crippen LogP contribution in [-0.2, 0) is 4.79 Å². The van der Waals surface area contributed by atoms with Crippen LogP contribution < -0.4 is 15.4 Å². The number of nitrogens with one attached hydrogen (secondary N) is 2. The highest BCUT2D eigenvalue weighted by atomic mass is 79.9. The average Bonchev–Trinajstić information content (AvgIpc) is 2.61. The third-order valence-corrected chi connectivity index (χ3v) is 3.83. The van der Waals surface area contributed by atoms with E-state index < -0.39 is 16.8 Å². The van der Waals surface area contributed by atoms with E-state index in [1.165, 1.54) is 36.4 Å². The highest BCUT2D eigenvalue weighted by molar-refractivity contribution is 9.10. The van der Waals surface area contributed by atoms with E-state index in [1.54, 1.807) is 6.07 Å². The molecule has 0 unspecified atom stereocenters. The summed E-state index contributed by atoms with van der Waals surface area (Å²) in [4.78, 5) is 33.1. The molecule has 0 fully saturated rings. The summed E-state index contributed by atoms with van der Waals surface area (Å²) in [5.41, 5.74) is 0.0938. The molecule has 3 N–H and O–H groups in total. The molecular weight excluding hydrogens is 442 g/mol. The summed E-state index contributed by atoms with van der Waals surface area (Å²) in [5.74, 6) is -1.47. The predicted molar refractivity (Wildman–Crippen MR) is 104 cm³/mol. The maximum Gasteiger partial charge on any atom is 0.337 e. The lowest BCUT2D eigenvalue weighted by molar-refractivity contribution is -0.384. The van der Waals surface area contributed by atoms with Crippen LogP contribution in [0, 0.1) is 10.1 Å². The van der Waals surface area contributed by atoms with Gasteiger partial charge in [0, 0.05) is 16.6 Å². The van der Waals surface area contributed by atoms with Crippen LogP contribution in [0.3, 0.4) is 0 Å². The van der Waals surface area contributed by atoms with E-state index in [4.69, 9.17) is 17.0 Å². The number of halogens is 1. The first-order chi connectivity index (χ1) is 12.8. The number of benzene rings is 2. The molecule has 0 aliphatic rings.